The van der Waals surface area contributed by atoms with Crippen molar-refractivity contribution in [3.63, 3.8) is 0 Å². The smallest absolute Gasteiger partial charge is 0.346 e. The predicted octanol–water partition coefficient (Wildman–Crippen LogP) is 1.76. The van der Waals surface area contributed by atoms with E-state index in [1.165, 1.54) is 7.11 Å². The second kappa shape index (κ2) is 4.90. The van der Waals surface area contributed by atoms with Gasteiger partial charge in [-0.2, -0.15) is 0 Å². The fourth-order valence-electron chi connectivity index (χ4n) is 2.32. The van der Waals surface area contributed by atoms with Crippen LogP contribution in [0, 0.1) is 0 Å². The minimum absolute atomic E-state index is 0.235. The van der Waals surface area contributed by atoms with E-state index in [4.69, 9.17) is 9.47 Å². The number of Topliss-reactive ketones (excluding diaryl/α,β-unsaturated/α-hetero) is 1. The van der Waals surface area contributed by atoms with Crippen LogP contribution in [0.25, 0.3) is 0 Å². The fraction of sp³-hybridized carbons (Fsp3) is 0.429. The maximum atomic E-state index is 12.5. The number of benzene rings is 1. The number of fused-ring (bicyclic) bond motifs is 1. The maximum Gasteiger partial charge on any atom is 0.346 e. The van der Waals surface area contributed by atoms with Crippen molar-refractivity contribution in [1.29, 1.82) is 0 Å². The van der Waals surface area contributed by atoms with E-state index < -0.39 is 11.6 Å². The molecule has 1 aliphatic carbocycles. The maximum absolute atomic E-state index is 12.5. The van der Waals surface area contributed by atoms with Gasteiger partial charge in [-0.05, 0) is 25.3 Å². The van der Waals surface area contributed by atoms with E-state index in [0.29, 0.717) is 18.4 Å². The predicted molar refractivity (Wildman–Crippen MR) is 65.5 cm³/mol. The van der Waals surface area contributed by atoms with Crippen molar-refractivity contribution >= 4 is 11.8 Å². The molecule has 0 N–H and O–H groups in total. The highest BCUT2D eigenvalue weighted by molar-refractivity contribution is 6.17. The molecule has 4 nitrogen and oxygen atoms in total. The molecule has 1 atom stereocenters. The molecule has 0 aromatic heterocycles. The summed E-state index contributed by atoms with van der Waals surface area (Å²) in [6.45, 7) is 1.95. The summed E-state index contributed by atoms with van der Waals surface area (Å²) in [7, 11) is 1.38. The lowest BCUT2D eigenvalue weighted by Crippen LogP contribution is -2.52. The Morgan fingerprint density at radius 1 is 1.39 bits per heavy atom. The number of carbonyl (C=O) groups excluding carboxylic acids is 2. The molecule has 96 valence electrons. The molecule has 0 fully saturated rings. The molecular formula is C14H16O4. The molecule has 18 heavy (non-hydrogen) atoms. The van der Waals surface area contributed by atoms with E-state index >= 15 is 0 Å². The number of ketones is 1. The van der Waals surface area contributed by atoms with Gasteiger partial charge in [-0.25, -0.2) is 4.79 Å². The highest BCUT2D eigenvalue weighted by Crippen LogP contribution is 2.32. The van der Waals surface area contributed by atoms with Crippen LogP contribution in [0.5, 0.6) is 0 Å². The molecule has 0 radical (unpaired) electrons. The molecule has 4 heteroatoms. The lowest BCUT2D eigenvalue weighted by Gasteiger charge is -2.32. The van der Waals surface area contributed by atoms with E-state index in [1.54, 1.807) is 19.1 Å². The SMILES string of the molecule is CCOC(=O)C1(OC)CCc2ccccc2C1=O. The van der Waals surface area contributed by atoms with E-state index in [0.717, 1.165) is 5.56 Å². The van der Waals surface area contributed by atoms with Gasteiger partial charge in [0.2, 0.25) is 11.4 Å². The van der Waals surface area contributed by atoms with Gasteiger partial charge in [0.25, 0.3) is 0 Å². The van der Waals surface area contributed by atoms with Crippen molar-refractivity contribution in [2.75, 3.05) is 13.7 Å². The minimum atomic E-state index is -1.47. The minimum Gasteiger partial charge on any atom is -0.463 e. The molecular weight excluding hydrogens is 232 g/mol. The first kappa shape index (κ1) is 12.8. The van der Waals surface area contributed by atoms with Gasteiger partial charge in [0.15, 0.2) is 0 Å². The molecule has 0 aliphatic heterocycles. The quantitative estimate of drug-likeness (QED) is 0.604. The summed E-state index contributed by atoms with van der Waals surface area (Å²) in [4.78, 5) is 24.5. The molecule has 1 aromatic carbocycles. The highest BCUT2D eigenvalue weighted by atomic mass is 16.6. The van der Waals surface area contributed by atoms with Crippen molar-refractivity contribution in [3.8, 4) is 0 Å². The highest BCUT2D eigenvalue weighted by Gasteiger charge is 2.50. The third-order valence-corrected chi connectivity index (χ3v) is 3.33. The lowest BCUT2D eigenvalue weighted by atomic mass is 9.79. The van der Waals surface area contributed by atoms with Crippen LogP contribution in [0.4, 0.5) is 0 Å². The van der Waals surface area contributed by atoms with E-state index in [2.05, 4.69) is 0 Å². The van der Waals surface area contributed by atoms with Crippen LogP contribution in [0.15, 0.2) is 24.3 Å². The summed E-state index contributed by atoms with van der Waals surface area (Å²) in [5.41, 5.74) is 0.0443. The zero-order chi connectivity index (χ0) is 13.2. The number of methoxy groups -OCH3 is 1. The topological polar surface area (TPSA) is 52.6 Å². The van der Waals surface area contributed by atoms with Crippen LogP contribution in [0.3, 0.4) is 0 Å². The van der Waals surface area contributed by atoms with Crippen LogP contribution >= 0.6 is 0 Å². The van der Waals surface area contributed by atoms with Crippen molar-refractivity contribution in [1.82, 2.24) is 0 Å². The van der Waals surface area contributed by atoms with Gasteiger partial charge in [-0.3, -0.25) is 4.79 Å². The summed E-state index contributed by atoms with van der Waals surface area (Å²) in [6, 6.07) is 7.30. The molecule has 1 unspecified atom stereocenters. The molecule has 0 heterocycles. The largest absolute Gasteiger partial charge is 0.463 e. The Balaban J connectivity index is 2.42. The third kappa shape index (κ3) is 1.82. The van der Waals surface area contributed by atoms with E-state index in [1.807, 2.05) is 12.1 Å². The van der Waals surface area contributed by atoms with Gasteiger partial charge in [0.05, 0.1) is 6.61 Å². The second-order valence-corrected chi connectivity index (χ2v) is 4.24. The first-order valence-electron chi connectivity index (χ1n) is 6.00. The van der Waals surface area contributed by atoms with Crippen molar-refractivity contribution in [2.45, 2.75) is 25.4 Å². The average Bonchev–Trinajstić information content (AvgIpc) is 2.40. The molecule has 0 saturated carbocycles. The van der Waals surface area contributed by atoms with Gasteiger partial charge in [0.1, 0.15) is 0 Å². The molecule has 0 spiro atoms. The summed E-state index contributed by atoms with van der Waals surface area (Å²) < 4.78 is 10.2. The lowest BCUT2D eigenvalue weighted by molar-refractivity contribution is -0.163. The number of esters is 1. The molecule has 1 aliphatic rings. The third-order valence-electron chi connectivity index (χ3n) is 3.33. The average molecular weight is 248 g/mol. The zero-order valence-electron chi connectivity index (χ0n) is 10.6. The van der Waals surface area contributed by atoms with E-state index in [9.17, 15) is 9.59 Å². The number of hydrogen-bond acceptors (Lipinski definition) is 4. The Morgan fingerprint density at radius 2 is 2.11 bits per heavy atom. The normalized spacial score (nSPS) is 22.4. The second-order valence-electron chi connectivity index (χ2n) is 4.24. The van der Waals surface area contributed by atoms with Crippen molar-refractivity contribution in [3.05, 3.63) is 35.4 Å². The van der Waals surface area contributed by atoms with Gasteiger partial charge in [0, 0.05) is 12.7 Å². The number of rotatable bonds is 3. The van der Waals surface area contributed by atoms with Crippen molar-refractivity contribution < 1.29 is 19.1 Å². The number of ether oxygens (including phenoxy) is 2. The Kier molecular flexibility index (Phi) is 3.48. The summed E-state index contributed by atoms with van der Waals surface area (Å²) >= 11 is 0. The van der Waals surface area contributed by atoms with E-state index in [-0.39, 0.29) is 12.4 Å². The van der Waals surface area contributed by atoms with Crippen LogP contribution in [0.2, 0.25) is 0 Å². The monoisotopic (exact) mass is 248 g/mol. The molecule has 0 amide bonds. The summed E-state index contributed by atoms with van der Waals surface area (Å²) in [5.74, 6) is -0.891. The first-order valence-corrected chi connectivity index (χ1v) is 6.00. The number of aryl methyl sites for hydroxylation is 1. The number of hydrogen-bond donors (Lipinski definition) is 0. The molecule has 2 rings (SSSR count). The van der Waals surface area contributed by atoms with Crippen LogP contribution in [-0.2, 0) is 20.7 Å². The van der Waals surface area contributed by atoms with Crippen molar-refractivity contribution in [2.24, 2.45) is 0 Å². The summed E-state index contributed by atoms with van der Waals surface area (Å²) in [5, 5.41) is 0. The van der Waals surface area contributed by atoms with Gasteiger partial charge >= 0.3 is 5.97 Å². The van der Waals surface area contributed by atoms with Gasteiger partial charge in [-0.1, -0.05) is 24.3 Å². The Morgan fingerprint density at radius 3 is 2.78 bits per heavy atom. The van der Waals surface area contributed by atoms with Gasteiger partial charge in [-0.15, -0.1) is 0 Å². The first-order chi connectivity index (χ1) is 8.65. The van der Waals surface area contributed by atoms with Crippen LogP contribution in [-0.4, -0.2) is 31.1 Å². The van der Waals surface area contributed by atoms with Gasteiger partial charge < -0.3 is 9.47 Å². The Hall–Kier alpha value is -1.68. The Labute approximate surface area is 106 Å². The standard InChI is InChI=1S/C14H16O4/c1-3-18-13(16)14(17-2)9-8-10-6-4-5-7-11(10)12(14)15/h4-7H,3,8-9H2,1-2H3. The fourth-order valence-corrected chi connectivity index (χ4v) is 2.32. The molecule has 0 saturated heterocycles. The number of carbonyl (C=O) groups is 2. The summed E-state index contributed by atoms with van der Waals surface area (Å²) in [6.07, 6.45) is 0.965. The van der Waals surface area contributed by atoms with Crippen LogP contribution in [0.1, 0.15) is 29.3 Å². The molecule has 0 bridgehead atoms. The van der Waals surface area contributed by atoms with Crippen LogP contribution < -0.4 is 0 Å². The molecule has 1 aromatic rings. The Bertz CT molecular complexity index is 480. The zero-order valence-corrected chi connectivity index (χ0v) is 10.6.